The van der Waals surface area contributed by atoms with E-state index in [9.17, 15) is 30.3 Å². The van der Waals surface area contributed by atoms with Crippen LogP contribution in [0.25, 0.3) is 0 Å². The van der Waals surface area contributed by atoms with Gasteiger partial charge in [0.25, 0.3) is 0 Å². The van der Waals surface area contributed by atoms with Crippen LogP contribution >= 0.6 is 0 Å². The number of hydrogen-bond donors (Lipinski definition) is 4. The van der Waals surface area contributed by atoms with Crippen LogP contribution in [-0.4, -0.2) is 82.0 Å². The number of carboxylic acid groups (broad SMARTS) is 1. The van der Waals surface area contributed by atoms with Gasteiger partial charge in [-0.15, -0.1) is 0 Å². The summed E-state index contributed by atoms with van der Waals surface area (Å²) in [6.07, 6.45) is -6.79. The summed E-state index contributed by atoms with van der Waals surface area (Å²) in [6.45, 7) is -0.588. The van der Waals surface area contributed by atoms with Crippen molar-refractivity contribution in [1.29, 1.82) is 0 Å². The Balaban J connectivity index is 0.00000341. The van der Waals surface area contributed by atoms with Crippen LogP contribution in [0.15, 0.2) is 30.3 Å². The largest absolute Gasteiger partial charge is 1.00 e. The van der Waals surface area contributed by atoms with E-state index in [1.807, 2.05) is 0 Å². The average molecular weight is 448 g/mol. The quantitative estimate of drug-likeness (QED) is 0.289. The van der Waals surface area contributed by atoms with Crippen LogP contribution in [0, 0.1) is 0 Å². The number of rotatable bonds is 8. The van der Waals surface area contributed by atoms with Crippen molar-refractivity contribution in [2.24, 2.45) is 0 Å². The van der Waals surface area contributed by atoms with Crippen molar-refractivity contribution in [1.82, 2.24) is 0 Å². The molecular weight excluding hydrogens is 419 g/mol. The Morgan fingerprint density at radius 2 is 1.81 bits per heavy atom. The van der Waals surface area contributed by atoms with Crippen LogP contribution in [0.2, 0.25) is 0 Å². The molecule has 0 bridgehead atoms. The molecule has 4 N–H and O–H groups in total. The van der Waals surface area contributed by atoms with Crippen molar-refractivity contribution in [3.8, 4) is 0 Å². The van der Waals surface area contributed by atoms with Gasteiger partial charge in [0, 0.05) is 6.42 Å². The molecule has 1 unspecified atom stereocenters. The molecule has 1 heterocycles. The number of aliphatic carboxylic acids is 1. The molecule has 9 nitrogen and oxygen atoms in total. The van der Waals surface area contributed by atoms with Crippen molar-refractivity contribution >= 4 is 5.97 Å². The molecule has 1 aliphatic carbocycles. The molecule has 3 rings (SSSR count). The zero-order chi connectivity index (χ0) is 21.7. The van der Waals surface area contributed by atoms with E-state index in [1.54, 1.807) is 30.3 Å². The average Bonchev–Trinajstić information content (AvgIpc) is 2.74. The van der Waals surface area contributed by atoms with Crippen LogP contribution in [0.1, 0.15) is 31.2 Å². The van der Waals surface area contributed by atoms with E-state index >= 15 is 0 Å². The van der Waals surface area contributed by atoms with Gasteiger partial charge >= 0.3 is 29.6 Å². The minimum Gasteiger partial charge on any atom is -0.547 e. The Labute approximate surface area is 203 Å². The van der Waals surface area contributed by atoms with Crippen molar-refractivity contribution < 1.29 is 74.1 Å². The summed E-state index contributed by atoms with van der Waals surface area (Å²) in [5.41, 5.74) is 0.680. The number of benzene rings is 1. The molecule has 1 aromatic carbocycles. The van der Waals surface area contributed by atoms with E-state index in [4.69, 9.17) is 14.2 Å². The second-order valence-corrected chi connectivity index (χ2v) is 7.83. The SMILES string of the molecule is O=C([O-])C(Cc1ccccc1)O[C@@H]1[C@@H](O)[C@@H](O[C@H]2CCCC[C@H]2O)O[C@@H](CO)[C@H]1O.[Na+]. The van der Waals surface area contributed by atoms with Gasteiger partial charge in [0.2, 0.25) is 0 Å². The molecule has 0 aromatic heterocycles. The topological polar surface area (TPSA) is 149 Å². The summed E-state index contributed by atoms with van der Waals surface area (Å²) in [7, 11) is 0. The normalized spacial score (nSPS) is 34.5. The minimum atomic E-state index is -1.53. The van der Waals surface area contributed by atoms with E-state index in [2.05, 4.69) is 0 Å². The zero-order valence-electron chi connectivity index (χ0n) is 17.6. The second kappa shape index (κ2) is 12.6. The summed E-state index contributed by atoms with van der Waals surface area (Å²) in [5.74, 6) is -1.49. The first-order valence-electron chi connectivity index (χ1n) is 10.3. The Hall–Kier alpha value is -0.590. The number of aliphatic hydroxyl groups is 4. The fourth-order valence-corrected chi connectivity index (χ4v) is 3.94. The maximum atomic E-state index is 11.6. The van der Waals surface area contributed by atoms with Crippen LogP contribution in [-0.2, 0) is 25.4 Å². The second-order valence-electron chi connectivity index (χ2n) is 7.83. The number of aliphatic hydroxyl groups excluding tert-OH is 4. The summed E-state index contributed by atoms with van der Waals surface area (Å²) in [6, 6.07) is 8.74. The molecule has 0 spiro atoms. The predicted molar refractivity (Wildman–Crippen MR) is 101 cm³/mol. The molecule has 31 heavy (non-hydrogen) atoms. The van der Waals surface area contributed by atoms with Gasteiger partial charge in [0.15, 0.2) is 6.29 Å². The third-order valence-electron chi connectivity index (χ3n) is 5.65. The third kappa shape index (κ3) is 6.94. The number of hydrogen-bond acceptors (Lipinski definition) is 9. The molecule has 0 radical (unpaired) electrons. The maximum Gasteiger partial charge on any atom is 1.00 e. The van der Waals surface area contributed by atoms with Crippen molar-refractivity contribution in [2.75, 3.05) is 6.61 Å². The van der Waals surface area contributed by atoms with Crippen molar-refractivity contribution in [2.45, 2.75) is 81.1 Å². The molecule has 2 aliphatic rings. The minimum absolute atomic E-state index is 0. The fraction of sp³-hybridized carbons (Fsp3) is 0.667. The first-order chi connectivity index (χ1) is 14.4. The molecule has 8 atom stereocenters. The van der Waals surface area contributed by atoms with Crippen LogP contribution in [0.5, 0.6) is 0 Å². The van der Waals surface area contributed by atoms with Gasteiger partial charge in [-0.05, 0) is 18.4 Å². The first-order valence-corrected chi connectivity index (χ1v) is 10.3. The van der Waals surface area contributed by atoms with E-state index in [0.717, 1.165) is 12.8 Å². The molecule has 168 valence electrons. The predicted octanol–water partition coefficient (Wildman–Crippen LogP) is -4.50. The van der Waals surface area contributed by atoms with Gasteiger partial charge in [-0.1, -0.05) is 43.2 Å². The van der Waals surface area contributed by atoms with Crippen LogP contribution in [0.3, 0.4) is 0 Å². The van der Waals surface area contributed by atoms with E-state index in [-0.39, 0.29) is 36.0 Å². The Bertz CT molecular complexity index is 676. The van der Waals surface area contributed by atoms with Gasteiger partial charge in [-0.25, -0.2) is 0 Å². The number of carbonyl (C=O) groups is 1. The molecule has 1 saturated heterocycles. The molecule has 1 saturated carbocycles. The van der Waals surface area contributed by atoms with E-state index < -0.39 is 61.6 Å². The number of ether oxygens (including phenoxy) is 3. The first kappa shape index (κ1) is 26.7. The van der Waals surface area contributed by atoms with Gasteiger partial charge in [-0.2, -0.15) is 0 Å². The number of carboxylic acids is 1. The van der Waals surface area contributed by atoms with E-state index in [0.29, 0.717) is 18.4 Å². The summed E-state index contributed by atoms with van der Waals surface area (Å²) < 4.78 is 16.8. The van der Waals surface area contributed by atoms with Crippen molar-refractivity contribution in [3.63, 3.8) is 0 Å². The maximum absolute atomic E-state index is 11.6. The summed E-state index contributed by atoms with van der Waals surface area (Å²) in [4.78, 5) is 11.6. The zero-order valence-corrected chi connectivity index (χ0v) is 19.6. The third-order valence-corrected chi connectivity index (χ3v) is 5.65. The molecule has 0 amide bonds. The van der Waals surface area contributed by atoms with Gasteiger partial charge in [-0.3, -0.25) is 0 Å². The van der Waals surface area contributed by atoms with Gasteiger partial charge < -0.3 is 44.5 Å². The molecule has 1 aromatic rings. The molecule has 10 heteroatoms. The van der Waals surface area contributed by atoms with Gasteiger partial charge in [0.05, 0.1) is 24.8 Å². The van der Waals surface area contributed by atoms with Crippen LogP contribution < -0.4 is 34.7 Å². The summed E-state index contributed by atoms with van der Waals surface area (Å²) in [5, 5.41) is 52.5. The summed E-state index contributed by atoms with van der Waals surface area (Å²) >= 11 is 0. The van der Waals surface area contributed by atoms with Crippen molar-refractivity contribution in [3.05, 3.63) is 35.9 Å². The standard InChI is InChI=1S/C21H30O9.Na/c22-11-16-17(24)19(28-15(20(26)27)10-12-6-2-1-3-7-12)18(25)21(30-16)29-14-9-5-4-8-13(14)23;/h1-3,6-7,13-19,21-25H,4-5,8-11H2,(H,26,27);/q;+1/p-1/t13-,14+,15?,16+,17-,18-,19+,21+;/m1./s1. The smallest absolute Gasteiger partial charge is 0.547 e. The molecular formula is C21H29NaO9. The monoisotopic (exact) mass is 448 g/mol. The van der Waals surface area contributed by atoms with Crippen LogP contribution in [0.4, 0.5) is 0 Å². The van der Waals surface area contributed by atoms with E-state index in [1.165, 1.54) is 0 Å². The molecule has 1 aliphatic heterocycles. The Morgan fingerprint density at radius 1 is 1.13 bits per heavy atom. The van der Waals surface area contributed by atoms with Gasteiger partial charge in [0.1, 0.15) is 30.5 Å². The Kier molecular flexibility index (Phi) is 10.8. The number of carbonyl (C=O) groups excluding carboxylic acids is 1. The fourth-order valence-electron chi connectivity index (χ4n) is 3.94. The molecule has 2 fully saturated rings. The Morgan fingerprint density at radius 3 is 2.42 bits per heavy atom.